The number of nitrogens with zero attached hydrogens (tertiary/aromatic N) is 1. The molecule has 0 aliphatic carbocycles. The second-order valence-electron chi connectivity index (χ2n) is 7.62. The molecule has 0 spiro atoms. The Bertz CT molecular complexity index is 1220. The molecule has 3 heterocycles. The van der Waals surface area contributed by atoms with E-state index in [1.807, 2.05) is 30.3 Å². The third-order valence-corrected chi connectivity index (χ3v) is 6.25. The van der Waals surface area contributed by atoms with Gasteiger partial charge in [0.2, 0.25) is 12.7 Å². The molecule has 1 N–H and O–H groups in total. The summed E-state index contributed by atoms with van der Waals surface area (Å²) in [6.07, 6.45) is 0.291. The van der Waals surface area contributed by atoms with Crippen molar-refractivity contribution in [2.75, 3.05) is 26.9 Å². The summed E-state index contributed by atoms with van der Waals surface area (Å²) in [5.41, 5.74) is 3.38. The van der Waals surface area contributed by atoms with Gasteiger partial charge < -0.3 is 28.8 Å². The lowest BCUT2D eigenvalue weighted by molar-refractivity contribution is -0.154. The van der Waals surface area contributed by atoms with Crippen molar-refractivity contribution in [3.63, 3.8) is 0 Å². The number of nitrogens with one attached hydrogen (secondary N) is 1. The number of benzene rings is 2. The van der Waals surface area contributed by atoms with Crippen molar-refractivity contribution in [1.82, 2.24) is 9.88 Å². The molecule has 3 aromatic rings. The van der Waals surface area contributed by atoms with Gasteiger partial charge in [0.15, 0.2) is 11.5 Å². The van der Waals surface area contributed by atoms with Crippen LogP contribution < -0.4 is 14.2 Å². The number of methoxy groups -OCH3 is 2. The number of carbonyl (C=O) groups excluding carboxylic acids is 2. The first-order valence-corrected chi connectivity index (χ1v) is 10.6. The monoisotopic (exact) mass is 456 g/mol. The Kier molecular flexibility index (Phi) is 5.09. The number of rotatable bonds is 4. The van der Waals surface area contributed by atoms with Gasteiger partial charge in [0, 0.05) is 23.0 Å². The fourth-order valence-electron chi connectivity index (χ4n) is 4.57. The number of esters is 1. The van der Waals surface area contributed by atoms with E-state index in [0.29, 0.717) is 23.7 Å². The molecule has 32 heavy (non-hydrogen) atoms. The van der Waals surface area contributed by atoms with Gasteiger partial charge in [-0.1, -0.05) is 6.07 Å². The second kappa shape index (κ2) is 7.94. The van der Waals surface area contributed by atoms with Gasteiger partial charge in [-0.15, -0.1) is 11.6 Å². The molecule has 8 nitrogen and oxygen atoms in total. The van der Waals surface area contributed by atoms with Crippen LogP contribution in [0.4, 0.5) is 0 Å². The van der Waals surface area contributed by atoms with Gasteiger partial charge in [0.05, 0.1) is 20.3 Å². The van der Waals surface area contributed by atoms with Crippen LogP contribution in [0.3, 0.4) is 0 Å². The average molecular weight is 457 g/mol. The van der Waals surface area contributed by atoms with Crippen LogP contribution in [0.15, 0.2) is 36.4 Å². The summed E-state index contributed by atoms with van der Waals surface area (Å²) in [7, 11) is 2.92. The Hall–Kier alpha value is -3.39. The van der Waals surface area contributed by atoms with Gasteiger partial charge in [-0.2, -0.15) is 0 Å². The summed E-state index contributed by atoms with van der Waals surface area (Å²) in [4.78, 5) is 30.8. The summed E-state index contributed by atoms with van der Waals surface area (Å²) < 4.78 is 21.5. The van der Waals surface area contributed by atoms with Crippen LogP contribution in [-0.4, -0.2) is 54.7 Å². The van der Waals surface area contributed by atoms with Crippen LogP contribution >= 0.6 is 11.6 Å². The maximum absolute atomic E-state index is 13.0. The molecule has 0 fully saturated rings. The standard InChI is InChI=1S/C23H21ClN2O6/c1-29-13-4-5-16-14(8-13)15-9-17(23(28)30-2)26(20(27)10-24)22(21(15)25-16)12-3-6-18-19(7-12)32-11-31-18/h3-8,17,22,25H,9-11H2,1-2H3/t17-,22-/m1/s1. The van der Waals surface area contributed by atoms with Crippen LogP contribution in [-0.2, 0) is 20.7 Å². The van der Waals surface area contributed by atoms with E-state index in [0.717, 1.165) is 27.7 Å². The number of hydrogen-bond acceptors (Lipinski definition) is 6. The molecule has 2 aliphatic heterocycles. The molecule has 0 bridgehead atoms. The number of aromatic nitrogens is 1. The van der Waals surface area contributed by atoms with Gasteiger partial charge in [0.1, 0.15) is 17.7 Å². The van der Waals surface area contributed by atoms with Gasteiger partial charge in [-0.3, -0.25) is 4.79 Å². The Morgan fingerprint density at radius 1 is 1.16 bits per heavy atom. The molecule has 0 saturated heterocycles. The lowest BCUT2D eigenvalue weighted by Crippen LogP contribution is -2.52. The van der Waals surface area contributed by atoms with Crippen LogP contribution in [0.2, 0.25) is 0 Å². The zero-order chi connectivity index (χ0) is 22.4. The molecule has 2 aromatic carbocycles. The summed E-state index contributed by atoms with van der Waals surface area (Å²) in [6, 6.07) is 9.77. The van der Waals surface area contributed by atoms with Crippen molar-refractivity contribution in [2.45, 2.75) is 18.5 Å². The number of hydrogen-bond donors (Lipinski definition) is 1. The first kappa shape index (κ1) is 20.5. The second-order valence-corrected chi connectivity index (χ2v) is 7.89. The van der Waals surface area contributed by atoms with Crippen molar-refractivity contribution >= 4 is 34.4 Å². The molecule has 0 saturated carbocycles. The molecular weight excluding hydrogens is 436 g/mol. The van der Waals surface area contributed by atoms with E-state index in [4.69, 9.17) is 30.5 Å². The highest BCUT2D eigenvalue weighted by molar-refractivity contribution is 6.27. The molecule has 9 heteroatoms. The van der Waals surface area contributed by atoms with Gasteiger partial charge in [-0.05, 0) is 41.5 Å². The predicted octanol–water partition coefficient (Wildman–Crippen LogP) is 3.16. The number of halogens is 1. The summed E-state index contributed by atoms with van der Waals surface area (Å²) in [5, 5.41) is 0.928. The van der Waals surface area contributed by atoms with Gasteiger partial charge >= 0.3 is 5.97 Å². The first-order chi connectivity index (χ1) is 15.5. The van der Waals surface area contributed by atoms with E-state index in [1.54, 1.807) is 13.2 Å². The normalized spacial score (nSPS) is 19.0. The average Bonchev–Trinajstić information content (AvgIpc) is 3.45. The van der Waals surface area contributed by atoms with E-state index in [-0.39, 0.29) is 18.6 Å². The number of carbonyl (C=O) groups is 2. The molecule has 2 aliphatic rings. The van der Waals surface area contributed by atoms with Gasteiger partial charge in [0.25, 0.3) is 0 Å². The summed E-state index contributed by atoms with van der Waals surface area (Å²) in [6.45, 7) is 0.135. The molecule has 5 rings (SSSR count). The number of fused-ring (bicyclic) bond motifs is 4. The van der Waals surface area contributed by atoms with Crippen molar-refractivity contribution in [1.29, 1.82) is 0 Å². The van der Waals surface area contributed by atoms with E-state index >= 15 is 0 Å². The van der Waals surface area contributed by atoms with E-state index in [9.17, 15) is 9.59 Å². The largest absolute Gasteiger partial charge is 0.497 e. The number of ether oxygens (including phenoxy) is 4. The van der Waals surface area contributed by atoms with Crippen molar-refractivity contribution < 1.29 is 28.5 Å². The molecule has 2 atom stereocenters. The zero-order valence-electron chi connectivity index (χ0n) is 17.5. The SMILES string of the molecule is COC(=O)[C@H]1Cc2c([nH]c3ccc(OC)cc23)[C@@H](c2ccc3c(c2)OCO3)N1C(=O)CCl. The maximum atomic E-state index is 13.0. The lowest BCUT2D eigenvalue weighted by Gasteiger charge is -2.40. The number of H-pyrrole nitrogens is 1. The Morgan fingerprint density at radius 2 is 1.97 bits per heavy atom. The van der Waals surface area contributed by atoms with Crippen molar-refractivity contribution in [3.05, 3.63) is 53.2 Å². The predicted molar refractivity (Wildman–Crippen MR) is 116 cm³/mol. The summed E-state index contributed by atoms with van der Waals surface area (Å²) >= 11 is 5.98. The zero-order valence-corrected chi connectivity index (χ0v) is 18.3. The molecule has 0 radical (unpaired) electrons. The third-order valence-electron chi connectivity index (χ3n) is 6.02. The fraction of sp³-hybridized carbons (Fsp3) is 0.304. The number of aromatic amines is 1. The first-order valence-electron chi connectivity index (χ1n) is 10.1. The summed E-state index contributed by atoms with van der Waals surface area (Å²) in [5.74, 6) is 0.778. The molecule has 1 aromatic heterocycles. The highest BCUT2D eigenvalue weighted by Crippen LogP contribution is 2.44. The smallest absolute Gasteiger partial charge is 0.328 e. The Labute approximate surface area is 188 Å². The van der Waals surface area contributed by atoms with Crippen LogP contribution in [0, 0.1) is 0 Å². The van der Waals surface area contributed by atoms with E-state index in [2.05, 4.69) is 4.98 Å². The number of amides is 1. The number of alkyl halides is 1. The minimum absolute atomic E-state index is 0.135. The molecule has 1 amide bonds. The van der Waals surface area contributed by atoms with Crippen LogP contribution in [0.5, 0.6) is 17.2 Å². The van der Waals surface area contributed by atoms with Gasteiger partial charge in [-0.25, -0.2) is 4.79 Å². The van der Waals surface area contributed by atoms with E-state index < -0.39 is 18.1 Å². The minimum Gasteiger partial charge on any atom is -0.497 e. The third kappa shape index (κ3) is 3.14. The lowest BCUT2D eigenvalue weighted by atomic mass is 9.87. The Morgan fingerprint density at radius 3 is 2.72 bits per heavy atom. The topological polar surface area (TPSA) is 90.1 Å². The van der Waals surface area contributed by atoms with Crippen molar-refractivity contribution in [3.8, 4) is 17.2 Å². The molecular formula is C23H21ClN2O6. The fourth-order valence-corrected chi connectivity index (χ4v) is 4.71. The van der Waals surface area contributed by atoms with E-state index in [1.165, 1.54) is 12.0 Å². The maximum Gasteiger partial charge on any atom is 0.328 e. The highest BCUT2D eigenvalue weighted by atomic mass is 35.5. The van der Waals surface area contributed by atoms with Crippen molar-refractivity contribution in [2.24, 2.45) is 0 Å². The minimum atomic E-state index is -0.834. The highest BCUT2D eigenvalue weighted by Gasteiger charge is 2.44. The Balaban J connectivity index is 1.75. The molecule has 0 unspecified atom stereocenters. The van der Waals surface area contributed by atoms with Crippen LogP contribution in [0.25, 0.3) is 10.9 Å². The molecule has 166 valence electrons. The van der Waals surface area contributed by atoms with Crippen LogP contribution in [0.1, 0.15) is 22.9 Å². The quantitative estimate of drug-likeness (QED) is 0.479.